The summed E-state index contributed by atoms with van der Waals surface area (Å²) in [4.78, 5) is 24.1. The minimum atomic E-state index is -3.31. The number of ether oxygens (including phenoxy) is 2. The first kappa shape index (κ1) is 13.5. The molecule has 0 aromatic rings. The molecule has 0 unspecified atom stereocenters. The molecule has 2 fully saturated rings. The van der Waals surface area contributed by atoms with Crippen molar-refractivity contribution in [1.29, 1.82) is 0 Å². The predicted octanol–water partition coefficient (Wildman–Crippen LogP) is 1.71. The van der Waals surface area contributed by atoms with Crippen LogP contribution in [-0.4, -0.2) is 60.8 Å². The third-order valence-corrected chi connectivity index (χ3v) is 5.69. The topological polar surface area (TPSA) is 76.2 Å². The lowest BCUT2D eigenvalue weighted by Crippen LogP contribution is -2.39. The molecule has 18 heavy (non-hydrogen) atoms. The lowest BCUT2D eigenvalue weighted by molar-refractivity contribution is 0.0754. The Kier molecular flexibility index (Phi) is 4.02. The van der Waals surface area contributed by atoms with Gasteiger partial charge in [0.25, 0.3) is 6.65 Å². The van der Waals surface area contributed by atoms with Crippen molar-refractivity contribution in [2.45, 2.75) is 6.42 Å². The standard InChI is InChI=1S/C9H14ClN2O5P/c10-18(15,12-3-6-17-9(12)14)7-4-11-2-1-5-16-8(11)13/h1-7H2/t18-/m0/s1. The van der Waals surface area contributed by atoms with Crippen LogP contribution in [0.5, 0.6) is 0 Å². The molecule has 0 aliphatic carbocycles. The molecule has 2 amide bonds. The molecule has 0 aromatic carbocycles. The van der Waals surface area contributed by atoms with Gasteiger partial charge in [-0.15, -0.1) is 0 Å². The molecule has 9 heteroatoms. The molecule has 2 aliphatic rings. The Morgan fingerprint density at radius 1 is 1.17 bits per heavy atom. The van der Waals surface area contributed by atoms with E-state index in [0.717, 1.165) is 11.1 Å². The third-order valence-electron chi connectivity index (χ3n) is 2.80. The van der Waals surface area contributed by atoms with E-state index in [9.17, 15) is 14.2 Å². The van der Waals surface area contributed by atoms with E-state index in [-0.39, 0.29) is 25.9 Å². The molecule has 0 spiro atoms. The van der Waals surface area contributed by atoms with E-state index in [1.165, 1.54) is 4.90 Å². The van der Waals surface area contributed by atoms with Gasteiger partial charge >= 0.3 is 12.2 Å². The summed E-state index contributed by atoms with van der Waals surface area (Å²) >= 11 is 5.91. The van der Waals surface area contributed by atoms with Gasteiger partial charge in [-0.05, 0) is 17.7 Å². The van der Waals surface area contributed by atoms with Crippen molar-refractivity contribution in [2.75, 3.05) is 39.0 Å². The van der Waals surface area contributed by atoms with Crippen LogP contribution in [0.4, 0.5) is 9.59 Å². The molecule has 0 aromatic heterocycles. The number of carbonyl (C=O) groups excluding carboxylic acids is 2. The van der Waals surface area contributed by atoms with Crippen LogP contribution in [0.2, 0.25) is 0 Å². The molecule has 0 radical (unpaired) electrons. The van der Waals surface area contributed by atoms with Crippen LogP contribution in [0.15, 0.2) is 0 Å². The summed E-state index contributed by atoms with van der Waals surface area (Å²) in [6, 6.07) is 0. The van der Waals surface area contributed by atoms with E-state index < -0.39 is 18.8 Å². The molecule has 102 valence electrons. The van der Waals surface area contributed by atoms with Crippen LogP contribution in [0.25, 0.3) is 0 Å². The number of hydrogen-bond acceptors (Lipinski definition) is 5. The van der Waals surface area contributed by atoms with Crippen LogP contribution in [0.1, 0.15) is 6.42 Å². The average Bonchev–Trinajstić information content (AvgIpc) is 2.75. The maximum absolute atomic E-state index is 12.2. The fourth-order valence-corrected chi connectivity index (χ4v) is 3.87. The summed E-state index contributed by atoms with van der Waals surface area (Å²) in [5.41, 5.74) is 0. The minimum absolute atomic E-state index is 0.0404. The lowest BCUT2D eigenvalue weighted by atomic mass is 10.4. The van der Waals surface area contributed by atoms with Crippen LogP contribution in [0.3, 0.4) is 0 Å². The molecule has 2 aliphatic heterocycles. The highest BCUT2D eigenvalue weighted by Crippen LogP contribution is 2.55. The molecule has 2 rings (SSSR count). The Bertz CT molecular complexity index is 404. The van der Waals surface area contributed by atoms with Crippen molar-refractivity contribution in [2.24, 2.45) is 0 Å². The summed E-state index contributed by atoms with van der Waals surface area (Å²) in [5.74, 6) is 0. The van der Waals surface area contributed by atoms with Gasteiger partial charge in [-0.1, -0.05) is 0 Å². The second-order valence-corrected chi connectivity index (χ2v) is 7.78. The van der Waals surface area contributed by atoms with E-state index in [1.54, 1.807) is 0 Å². The Hall–Kier alpha value is -0.940. The fourth-order valence-electron chi connectivity index (χ4n) is 1.82. The van der Waals surface area contributed by atoms with Gasteiger partial charge in [0, 0.05) is 13.1 Å². The largest absolute Gasteiger partial charge is 0.449 e. The second kappa shape index (κ2) is 5.36. The molecule has 0 N–H and O–H groups in total. The van der Waals surface area contributed by atoms with Crippen molar-refractivity contribution >= 4 is 30.1 Å². The smallest absolute Gasteiger partial charge is 0.416 e. The second-order valence-electron chi connectivity index (χ2n) is 4.03. The van der Waals surface area contributed by atoms with Crippen LogP contribution in [-0.2, 0) is 14.0 Å². The number of amides is 2. The SMILES string of the molecule is O=C1OCCCN1CC[P@](=O)(Cl)N1CCOC1=O. The first-order valence-corrected chi connectivity index (χ1v) is 8.41. The quantitative estimate of drug-likeness (QED) is 0.738. The number of nitrogens with zero attached hydrogens (tertiary/aromatic N) is 2. The van der Waals surface area contributed by atoms with Gasteiger partial charge in [0.15, 0.2) is 0 Å². The van der Waals surface area contributed by atoms with Crippen LogP contribution >= 0.6 is 17.9 Å². The van der Waals surface area contributed by atoms with Crippen molar-refractivity contribution < 1.29 is 23.6 Å². The Labute approximate surface area is 109 Å². The summed E-state index contributed by atoms with van der Waals surface area (Å²) < 4.78 is 22.8. The van der Waals surface area contributed by atoms with Crippen molar-refractivity contribution in [1.82, 2.24) is 9.57 Å². The van der Waals surface area contributed by atoms with Crippen LogP contribution in [0, 0.1) is 0 Å². The fraction of sp³-hybridized carbons (Fsp3) is 0.778. The van der Waals surface area contributed by atoms with Gasteiger partial charge in [-0.25, -0.2) is 14.3 Å². The Morgan fingerprint density at radius 3 is 2.50 bits per heavy atom. The highest BCUT2D eigenvalue weighted by Gasteiger charge is 2.38. The maximum atomic E-state index is 12.2. The zero-order valence-corrected chi connectivity index (χ0v) is 11.4. The van der Waals surface area contributed by atoms with Gasteiger partial charge in [0.2, 0.25) is 0 Å². The van der Waals surface area contributed by atoms with Gasteiger partial charge in [0.05, 0.1) is 19.3 Å². The molecule has 0 saturated carbocycles. The van der Waals surface area contributed by atoms with E-state index in [0.29, 0.717) is 13.2 Å². The van der Waals surface area contributed by atoms with Gasteiger partial charge in [-0.3, -0.25) is 4.57 Å². The normalized spacial score (nSPS) is 23.6. The summed E-state index contributed by atoms with van der Waals surface area (Å²) in [6.45, 7) is -1.71. The van der Waals surface area contributed by atoms with E-state index in [2.05, 4.69) is 4.74 Å². The van der Waals surface area contributed by atoms with Crippen molar-refractivity contribution in [3.63, 3.8) is 0 Å². The monoisotopic (exact) mass is 296 g/mol. The molecule has 2 heterocycles. The lowest BCUT2D eigenvalue weighted by Gasteiger charge is -2.28. The van der Waals surface area contributed by atoms with Crippen molar-refractivity contribution in [3.8, 4) is 0 Å². The van der Waals surface area contributed by atoms with Crippen molar-refractivity contribution in [3.05, 3.63) is 0 Å². The highest BCUT2D eigenvalue weighted by atomic mass is 35.7. The van der Waals surface area contributed by atoms with E-state index >= 15 is 0 Å². The molecular weight excluding hydrogens is 283 g/mol. The Balaban J connectivity index is 1.90. The average molecular weight is 297 g/mol. The molecule has 1 atom stereocenters. The van der Waals surface area contributed by atoms with Gasteiger partial charge in [-0.2, -0.15) is 0 Å². The number of halogens is 1. The molecular formula is C9H14ClN2O5P. The number of rotatable bonds is 4. The maximum Gasteiger partial charge on any atom is 0.416 e. The van der Waals surface area contributed by atoms with E-state index in [4.69, 9.17) is 16.0 Å². The summed E-state index contributed by atoms with van der Waals surface area (Å²) in [6.07, 6.45) is -0.306. The van der Waals surface area contributed by atoms with Gasteiger partial charge in [0.1, 0.15) is 6.61 Å². The molecule has 0 bridgehead atoms. The molecule has 7 nitrogen and oxygen atoms in total. The number of hydrogen-bond donors (Lipinski definition) is 0. The highest BCUT2D eigenvalue weighted by molar-refractivity contribution is 7.87. The van der Waals surface area contributed by atoms with E-state index in [1.807, 2.05) is 0 Å². The zero-order chi connectivity index (χ0) is 13.2. The van der Waals surface area contributed by atoms with Crippen LogP contribution < -0.4 is 0 Å². The van der Waals surface area contributed by atoms with Gasteiger partial charge < -0.3 is 14.4 Å². The first-order valence-electron chi connectivity index (χ1n) is 5.66. The Morgan fingerprint density at radius 2 is 1.89 bits per heavy atom. The summed E-state index contributed by atoms with van der Waals surface area (Å²) in [5, 5.41) is 0. The minimum Gasteiger partial charge on any atom is -0.449 e. The summed E-state index contributed by atoms with van der Waals surface area (Å²) in [7, 11) is 0. The third kappa shape index (κ3) is 2.90. The number of carbonyl (C=O) groups is 2. The zero-order valence-electron chi connectivity index (χ0n) is 9.71. The predicted molar refractivity (Wildman–Crippen MR) is 63.9 cm³/mol. The number of cyclic esters (lactones) is 2. The first-order chi connectivity index (χ1) is 8.50. The molecule has 2 saturated heterocycles.